The summed E-state index contributed by atoms with van der Waals surface area (Å²) in [5.74, 6) is 0.0802. The summed E-state index contributed by atoms with van der Waals surface area (Å²) in [4.78, 5) is 13.9. The average molecular weight is 339 g/mol. The summed E-state index contributed by atoms with van der Waals surface area (Å²) in [6.45, 7) is 5.39. The van der Waals surface area contributed by atoms with Crippen LogP contribution in [0.5, 0.6) is 5.75 Å². The zero-order valence-electron chi connectivity index (χ0n) is 14.8. The normalized spacial score (nSPS) is 18.9. The predicted octanol–water partition coefficient (Wildman–Crippen LogP) is 4.03. The van der Waals surface area contributed by atoms with E-state index in [2.05, 4.69) is 36.1 Å². The largest absolute Gasteiger partial charge is 0.494 e. The highest BCUT2D eigenvalue weighted by atomic mass is 16.5. The number of nitrogens with zero attached hydrogens (tertiary/aromatic N) is 1. The van der Waals surface area contributed by atoms with Crippen LogP contribution in [0.3, 0.4) is 0 Å². The van der Waals surface area contributed by atoms with Crippen LogP contribution in [0.4, 0.5) is 0 Å². The number of para-hydroxylation sites is 1. The molecule has 1 N–H and O–H groups in total. The van der Waals surface area contributed by atoms with Crippen LogP contribution in [-0.4, -0.2) is 35.2 Å². The Balaban J connectivity index is 2.11. The molecule has 2 aromatic carbocycles. The number of hydrogen-bond acceptors (Lipinski definition) is 3. The molecule has 0 aromatic heterocycles. The second kappa shape index (κ2) is 7.70. The number of aliphatic carboxylic acids is 1. The van der Waals surface area contributed by atoms with E-state index in [-0.39, 0.29) is 6.04 Å². The lowest BCUT2D eigenvalue weighted by Gasteiger charge is -2.33. The second-order valence-corrected chi connectivity index (χ2v) is 6.52. The first-order chi connectivity index (χ1) is 12.1. The predicted molar refractivity (Wildman–Crippen MR) is 98.0 cm³/mol. The van der Waals surface area contributed by atoms with Gasteiger partial charge >= 0.3 is 5.97 Å². The Hall–Kier alpha value is -2.33. The Labute approximate surface area is 149 Å². The Morgan fingerprint density at radius 3 is 2.80 bits per heavy atom. The third kappa shape index (κ3) is 3.69. The summed E-state index contributed by atoms with van der Waals surface area (Å²) in [6.07, 6.45) is 1.59. The van der Waals surface area contributed by atoms with Crippen LogP contribution in [0.25, 0.3) is 0 Å². The van der Waals surface area contributed by atoms with Crippen LogP contribution in [0, 0.1) is 6.92 Å². The molecule has 3 rings (SSSR count). The van der Waals surface area contributed by atoms with Crippen molar-refractivity contribution in [1.82, 2.24) is 4.90 Å². The fourth-order valence-electron chi connectivity index (χ4n) is 3.75. The van der Waals surface area contributed by atoms with Gasteiger partial charge in [0.25, 0.3) is 0 Å². The van der Waals surface area contributed by atoms with Crippen molar-refractivity contribution >= 4 is 5.97 Å². The van der Waals surface area contributed by atoms with Crippen LogP contribution in [-0.2, 0) is 4.79 Å². The SMILES string of the molecule is CCOc1ccccc1C(c1cccc(C)c1)N1CCCC1C(=O)O. The lowest BCUT2D eigenvalue weighted by Crippen LogP contribution is -2.39. The first-order valence-corrected chi connectivity index (χ1v) is 8.88. The molecule has 0 saturated carbocycles. The minimum absolute atomic E-state index is 0.119. The first-order valence-electron chi connectivity index (χ1n) is 8.88. The van der Waals surface area contributed by atoms with E-state index in [1.54, 1.807) is 0 Å². The van der Waals surface area contributed by atoms with Gasteiger partial charge in [-0.2, -0.15) is 0 Å². The van der Waals surface area contributed by atoms with Gasteiger partial charge in [-0.1, -0.05) is 48.0 Å². The lowest BCUT2D eigenvalue weighted by molar-refractivity contribution is -0.142. The molecule has 4 heteroatoms. The van der Waals surface area contributed by atoms with E-state index >= 15 is 0 Å². The maximum Gasteiger partial charge on any atom is 0.320 e. The van der Waals surface area contributed by atoms with Crippen LogP contribution >= 0.6 is 0 Å². The molecule has 0 spiro atoms. The number of carboxylic acid groups (broad SMARTS) is 1. The molecule has 1 aliphatic rings. The van der Waals surface area contributed by atoms with E-state index < -0.39 is 12.0 Å². The van der Waals surface area contributed by atoms with Gasteiger partial charge in [0.1, 0.15) is 11.8 Å². The van der Waals surface area contributed by atoms with Gasteiger partial charge < -0.3 is 9.84 Å². The van der Waals surface area contributed by atoms with Crippen LogP contribution < -0.4 is 4.74 Å². The fourth-order valence-corrected chi connectivity index (χ4v) is 3.75. The standard InChI is InChI=1S/C21H25NO3/c1-3-25-19-12-5-4-10-17(19)20(16-9-6-8-15(2)14-16)22-13-7-11-18(22)21(23)24/h4-6,8-10,12,14,18,20H,3,7,11,13H2,1-2H3,(H,23,24). The van der Waals surface area contributed by atoms with Crippen LogP contribution in [0.1, 0.15) is 42.5 Å². The molecule has 1 aliphatic heterocycles. The topological polar surface area (TPSA) is 49.8 Å². The zero-order valence-corrected chi connectivity index (χ0v) is 14.8. The maximum absolute atomic E-state index is 11.8. The highest BCUT2D eigenvalue weighted by Gasteiger charge is 2.37. The molecule has 0 aliphatic carbocycles. The molecule has 1 saturated heterocycles. The minimum atomic E-state index is -0.746. The van der Waals surface area contributed by atoms with Crippen molar-refractivity contribution in [2.75, 3.05) is 13.2 Å². The lowest BCUT2D eigenvalue weighted by atomic mass is 9.94. The number of carbonyl (C=O) groups is 1. The third-order valence-corrected chi connectivity index (χ3v) is 4.78. The molecule has 4 nitrogen and oxygen atoms in total. The average Bonchev–Trinajstić information content (AvgIpc) is 3.07. The zero-order chi connectivity index (χ0) is 17.8. The van der Waals surface area contributed by atoms with Crippen LogP contribution in [0.2, 0.25) is 0 Å². The Kier molecular flexibility index (Phi) is 5.39. The summed E-state index contributed by atoms with van der Waals surface area (Å²) in [5, 5.41) is 9.68. The highest BCUT2D eigenvalue weighted by Crippen LogP contribution is 2.39. The molecule has 132 valence electrons. The van der Waals surface area contributed by atoms with E-state index in [0.717, 1.165) is 29.8 Å². The summed E-state index contributed by atoms with van der Waals surface area (Å²) >= 11 is 0. The number of aryl methyl sites for hydroxylation is 1. The molecule has 0 amide bonds. The number of ether oxygens (including phenoxy) is 1. The molecular formula is C21H25NO3. The number of carboxylic acids is 1. The van der Waals surface area contributed by atoms with E-state index in [1.807, 2.05) is 31.2 Å². The maximum atomic E-state index is 11.8. The molecule has 0 bridgehead atoms. The van der Waals surface area contributed by atoms with Gasteiger partial charge in [0.2, 0.25) is 0 Å². The monoisotopic (exact) mass is 339 g/mol. The Morgan fingerprint density at radius 1 is 1.28 bits per heavy atom. The van der Waals surface area contributed by atoms with E-state index in [1.165, 1.54) is 5.56 Å². The van der Waals surface area contributed by atoms with Gasteiger partial charge in [0.05, 0.1) is 12.6 Å². The van der Waals surface area contributed by atoms with Gasteiger partial charge in [0, 0.05) is 12.1 Å². The third-order valence-electron chi connectivity index (χ3n) is 4.78. The van der Waals surface area contributed by atoms with Gasteiger partial charge in [-0.15, -0.1) is 0 Å². The van der Waals surface area contributed by atoms with E-state index in [9.17, 15) is 9.90 Å². The van der Waals surface area contributed by atoms with Crippen molar-refractivity contribution in [2.45, 2.75) is 38.8 Å². The second-order valence-electron chi connectivity index (χ2n) is 6.52. The molecular weight excluding hydrogens is 314 g/mol. The molecule has 2 unspecified atom stereocenters. The number of likely N-dealkylation sites (tertiary alicyclic amines) is 1. The van der Waals surface area contributed by atoms with Crippen molar-refractivity contribution in [3.63, 3.8) is 0 Å². The number of benzene rings is 2. The molecule has 1 fully saturated rings. The van der Waals surface area contributed by atoms with Gasteiger partial charge in [-0.05, 0) is 38.3 Å². The van der Waals surface area contributed by atoms with Crippen molar-refractivity contribution in [1.29, 1.82) is 0 Å². The molecule has 25 heavy (non-hydrogen) atoms. The first kappa shape index (κ1) is 17.5. The van der Waals surface area contributed by atoms with Crippen molar-refractivity contribution in [3.05, 3.63) is 65.2 Å². The van der Waals surface area contributed by atoms with E-state index in [4.69, 9.17) is 4.74 Å². The quantitative estimate of drug-likeness (QED) is 0.863. The van der Waals surface area contributed by atoms with Gasteiger partial charge in [0.15, 0.2) is 0 Å². The number of rotatable bonds is 6. The van der Waals surface area contributed by atoms with Crippen LogP contribution in [0.15, 0.2) is 48.5 Å². The Morgan fingerprint density at radius 2 is 2.08 bits per heavy atom. The summed E-state index contributed by atoms with van der Waals surface area (Å²) in [7, 11) is 0. The molecule has 2 aromatic rings. The summed E-state index contributed by atoms with van der Waals surface area (Å²) in [5.41, 5.74) is 3.31. The molecule has 0 radical (unpaired) electrons. The molecule has 1 heterocycles. The fraction of sp³-hybridized carbons (Fsp3) is 0.381. The summed E-state index contributed by atoms with van der Waals surface area (Å²) in [6, 6.07) is 15.7. The number of hydrogen-bond donors (Lipinski definition) is 1. The van der Waals surface area contributed by atoms with Crippen molar-refractivity contribution < 1.29 is 14.6 Å². The molecule has 2 atom stereocenters. The van der Waals surface area contributed by atoms with Gasteiger partial charge in [-0.3, -0.25) is 9.69 Å². The van der Waals surface area contributed by atoms with Gasteiger partial charge in [-0.25, -0.2) is 0 Å². The van der Waals surface area contributed by atoms with Crippen molar-refractivity contribution in [3.8, 4) is 5.75 Å². The summed E-state index contributed by atoms with van der Waals surface area (Å²) < 4.78 is 5.85. The van der Waals surface area contributed by atoms with E-state index in [0.29, 0.717) is 13.0 Å². The van der Waals surface area contributed by atoms with Crippen molar-refractivity contribution in [2.24, 2.45) is 0 Å². The Bertz CT molecular complexity index is 743. The highest BCUT2D eigenvalue weighted by molar-refractivity contribution is 5.74. The smallest absolute Gasteiger partial charge is 0.320 e. The minimum Gasteiger partial charge on any atom is -0.494 e.